The Bertz CT molecular complexity index is 764. The second-order valence-corrected chi connectivity index (χ2v) is 5.45. The standard InChI is InChI=1S/C12H12N6OS/c1-7(10-6-20-8(2)14-10)13-12(19)9-3-4-11-15-16-17-18(11)5-9/h3-7H,1-2H3,(H,13,19). The van der Waals surface area contributed by atoms with Crippen LogP contribution >= 0.6 is 11.3 Å². The Kier molecular flexibility index (Phi) is 3.15. The molecule has 3 heterocycles. The Morgan fingerprint density at radius 2 is 2.30 bits per heavy atom. The van der Waals surface area contributed by atoms with E-state index in [4.69, 9.17) is 0 Å². The summed E-state index contributed by atoms with van der Waals surface area (Å²) in [6.45, 7) is 3.84. The summed E-state index contributed by atoms with van der Waals surface area (Å²) >= 11 is 1.57. The minimum absolute atomic E-state index is 0.142. The number of hydrogen-bond acceptors (Lipinski definition) is 6. The highest BCUT2D eigenvalue weighted by Gasteiger charge is 2.14. The number of aryl methyl sites for hydroxylation is 1. The Balaban J connectivity index is 1.78. The number of rotatable bonds is 3. The van der Waals surface area contributed by atoms with E-state index in [9.17, 15) is 4.79 Å². The zero-order chi connectivity index (χ0) is 14.1. The molecule has 0 saturated heterocycles. The molecule has 0 spiro atoms. The third-order valence-electron chi connectivity index (χ3n) is 2.88. The van der Waals surface area contributed by atoms with Crippen LogP contribution < -0.4 is 5.32 Å². The summed E-state index contributed by atoms with van der Waals surface area (Å²) in [6.07, 6.45) is 1.60. The fourth-order valence-electron chi connectivity index (χ4n) is 1.81. The van der Waals surface area contributed by atoms with Crippen LogP contribution in [0, 0.1) is 6.92 Å². The lowest BCUT2D eigenvalue weighted by molar-refractivity contribution is 0.0938. The molecule has 0 aliphatic rings. The molecule has 0 aromatic carbocycles. The van der Waals surface area contributed by atoms with E-state index in [0.29, 0.717) is 11.2 Å². The van der Waals surface area contributed by atoms with E-state index in [2.05, 4.69) is 25.8 Å². The van der Waals surface area contributed by atoms with Crippen molar-refractivity contribution in [3.8, 4) is 0 Å². The van der Waals surface area contributed by atoms with Crippen molar-refractivity contribution in [2.75, 3.05) is 0 Å². The summed E-state index contributed by atoms with van der Waals surface area (Å²) in [5.74, 6) is -0.180. The van der Waals surface area contributed by atoms with Crippen molar-refractivity contribution in [3.63, 3.8) is 0 Å². The molecule has 1 atom stereocenters. The summed E-state index contributed by atoms with van der Waals surface area (Å²) < 4.78 is 1.46. The van der Waals surface area contributed by atoms with Gasteiger partial charge in [0, 0.05) is 11.6 Å². The number of tetrazole rings is 1. The quantitative estimate of drug-likeness (QED) is 0.787. The van der Waals surface area contributed by atoms with Gasteiger partial charge in [0.15, 0.2) is 5.65 Å². The molecule has 1 amide bonds. The summed E-state index contributed by atoms with van der Waals surface area (Å²) in [7, 11) is 0. The highest BCUT2D eigenvalue weighted by atomic mass is 32.1. The summed E-state index contributed by atoms with van der Waals surface area (Å²) in [5.41, 5.74) is 1.97. The molecule has 0 aliphatic heterocycles. The first-order chi connectivity index (χ1) is 9.63. The fourth-order valence-corrected chi connectivity index (χ4v) is 2.51. The van der Waals surface area contributed by atoms with Crippen LogP contribution in [-0.4, -0.2) is 30.9 Å². The molecule has 0 bridgehead atoms. The second kappa shape index (κ2) is 4.97. The van der Waals surface area contributed by atoms with E-state index < -0.39 is 0 Å². The molecule has 8 heteroatoms. The van der Waals surface area contributed by atoms with Gasteiger partial charge in [0.2, 0.25) is 0 Å². The van der Waals surface area contributed by atoms with Gasteiger partial charge >= 0.3 is 0 Å². The molecule has 20 heavy (non-hydrogen) atoms. The molecule has 1 N–H and O–H groups in total. The maximum absolute atomic E-state index is 12.2. The SMILES string of the molecule is Cc1nc(C(C)NC(=O)c2ccc3nnnn3c2)cs1. The number of pyridine rings is 1. The number of hydrogen-bond donors (Lipinski definition) is 1. The van der Waals surface area contributed by atoms with Gasteiger partial charge in [0.05, 0.1) is 22.3 Å². The first-order valence-corrected chi connectivity index (χ1v) is 6.92. The van der Waals surface area contributed by atoms with E-state index in [0.717, 1.165) is 10.7 Å². The molecule has 7 nitrogen and oxygen atoms in total. The molecule has 1 unspecified atom stereocenters. The predicted octanol–water partition coefficient (Wildman–Crippen LogP) is 1.38. The molecule has 0 aliphatic carbocycles. The average molecular weight is 288 g/mol. The van der Waals surface area contributed by atoms with Crippen LogP contribution in [-0.2, 0) is 0 Å². The van der Waals surface area contributed by atoms with Gasteiger partial charge in [-0.25, -0.2) is 4.98 Å². The van der Waals surface area contributed by atoms with Crippen LogP contribution in [0.3, 0.4) is 0 Å². The Morgan fingerprint density at radius 1 is 1.45 bits per heavy atom. The van der Waals surface area contributed by atoms with Gasteiger partial charge in [-0.05, 0) is 36.4 Å². The topological polar surface area (TPSA) is 85.1 Å². The first-order valence-electron chi connectivity index (χ1n) is 6.04. The van der Waals surface area contributed by atoms with Gasteiger partial charge in [-0.2, -0.15) is 4.52 Å². The third kappa shape index (κ3) is 2.37. The summed E-state index contributed by atoms with van der Waals surface area (Å²) in [5, 5.41) is 16.9. The second-order valence-electron chi connectivity index (χ2n) is 4.39. The molecule has 3 aromatic heterocycles. The van der Waals surface area contributed by atoms with E-state index in [1.54, 1.807) is 29.7 Å². The summed E-state index contributed by atoms with van der Waals surface area (Å²) in [4.78, 5) is 16.5. The normalized spacial score (nSPS) is 12.5. The number of fused-ring (bicyclic) bond motifs is 1. The maximum Gasteiger partial charge on any atom is 0.253 e. The monoisotopic (exact) mass is 288 g/mol. The highest BCUT2D eigenvalue weighted by Crippen LogP contribution is 2.16. The van der Waals surface area contributed by atoms with E-state index in [-0.39, 0.29) is 11.9 Å². The van der Waals surface area contributed by atoms with Crippen molar-refractivity contribution >= 4 is 22.9 Å². The van der Waals surface area contributed by atoms with Gasteiger partial charge in [0.25, 0.3) is 5.91 Å². The van der Waals surface area contributed by atoms with E-state index in [1.807, 2.05) is 19.2 Å². The van der Waals surface area contributed by atoms with Gasteiger partial charge in [-0.1, -0.05) is 0 Å². The number of nitrogens with one attached hydrogen (secondary N) is 1. The van der Waals surface area contributed by atoms with Crippen LogP contribution in [0.5, 0.6) is 0 Å². The molecule has 0 fully saturated rings. The molecule has 102 valence electrons. The predicted molar refractivity (Wildman–Crippen MR) is 73.5 cm³/mol. The highest BCUT2D eigenvalue weighted by molar-refractivity contribution is 7.09. The minimum Gasteiger partial charge on any atom is -0.344 e. The lowest BCUT2D eigenvalue weighted by Gasteiger charge is -2.11. The number of amides is 1. The largest absolute Gasteiger partial charge is 0.344 e. The van der Waals surface area contributed by atoms with Crippen molar-refractivity contribution in [1.29, 1.82) is 0 Å². The zero-order valence-corrected chi connectivity index (χ0v) is 11.8. The molecule has 3 rings (SSSR count). The van der Waals surface area contributed by atoms with Crippen molar-refractivity contribution in [1.82, 2.24) is 30.3 Å². The number of thiazole rings is 1. The third-order valence-corrected chi connectivity index (χ3v) is 3.67. The molecule has 3 aromatic rings. The number of carbonyl (C=O) groups is 1. The Morgan fingerprint density at radius 3 is 3.05 bits per heavy atom. The molecule has 0 radical (unpaired) electrons. The van der Waals surface area contributed by atoms with Crippen LogP contribution in [0.2, 0.25) is 0 Å². The van der Waals surface area contributed by atoms with Gasteiger partial charge in [-0.3, -0.25) is 4.79 Å². The lowest BCUT2D eigenvalue weighted by atomic mass is 10.2. The number of carbonyl (C=O) groups excluding carboxylic acids is 1. The number of aromatic nitrogens is 5. The van der Waals surface area contributed by atoms with Crippen molar-refractivity contribution < 1.29 is 4.79 Å². The van der Waals surface area contributed by atoms with Gasteiger partial charge in [-0.15, -0.1) is 16.4 Å². The maximum atomic E-state index is 12.2. The Labute approximate surface area is 118 Å². The minimum atomic E-state index is -0.180. The lowest BCUT2D eigenvalue weighted by Crippen LogP contribution is -2.27. The Hall–Kier alpha value is -2.35. The van der Waals surface area contributed by atoms with E-state index in [1.165, 1.54) is 4.52 Å². The number of nitrogens with zero attached hydrogens (tertiary/aromatic N) is 5. The fraction of sp³-hybridized carbons (Fsp3) is 0.250. The average Bonchev–Trinajstić information content (AvgIpc) is 3.05. The van der Waals surface area contributed by atoms with Crippen molar-refractivity contribution in [3.05, 3.63) is 40.0 Å². The van der Waals surface area contributed by atoms with Crippen LogP contribution in [0.15, 0.2) is 23.7 Å². The van der Waals surface area contributed by atoms with E-state index >= 15 is 0 Å². The van der Waals surface area contributed by atoms with Crippen molar-refractivity contribution in [2.45, 2.75) is 19.9 Å². The van der Waals surface area contributed by atoms with Crippen molar-refractivity contribution in [2.24, 2.45) is 0 Å². The zero-order valence-electron chi connectivity index (χ0n) is 10.9. The molecule has 0 saturated carbocycles. The smallest absolute Gasteiger partial charge is 0.253 e. The molecular weight excluding hydrogens is 276 g/mol. The van der Waals surface area contributed by atoms with Crippen LogP contribution in [0.4, 0.5) is 0 Å². The summed E-state index contributed by atoms with van der Waals surface area (Å²) in [6, 6.07) is 3.25. The first kappa shape index (κ1) is 12.7. The van der Waals surface area contributed by atoms with Gasteiger partial charge < -0.3 is 5.32 Å². The van der Waals surface area contributed by atoms with Gasteiger partial charge in [0.1, 0.15) is 0 Å². The van der Waals surface area contributed by atoms with Crippen LogP contribution in [0.25, 0.3) is 5.65 Å². The molecular formula is C12H12N6OS. The van der Waals surface area contributed by atoms with Crippen LogP contribution in [0.1, 0.15) is 34.0 Å².